The Balaban J connectivity index is 1.90. The second-order valence-electron chi connectivity index (χ2n) is 5.81. The van der Waals surface area contributed by atoms with E-state index in [4.69, 9.17) is 25.7 Å². The summed E-state index contributed by atoms with van der Waals surface area (Å²) in [5, 5.41) is 5.59. The quantitative estimate of drug-likeness (QED) is 0.570. The highest BCUT2D eigenvalue weighted by Crippen LogP contribution is 2.29. The molecule has 7 heteroatoms. The SMILES string of the molecule is CC(C)(C)ON(C=O)CCOc1cc(-c2ccccc2Cl)on1. The molecule has 1 aromatic heterocycles. The van der Waals surface area contributed by atoms with Gasteiger partial charge in [-0.05, 0) is 38.1 Å². The van der Waals surface area contributed by atoms with Crippen molar-refractivity contribution in [3.63, 3.8) is 0 Å². The highest BCUT2D eigenvalue weighted by atomic mass is 35.5. The second kappa shape index (κ2) is 7.48. The first-order valence-corrected chi connectivity index (χ1v) is 7.52. The van der Waals surface area contributed by atoms with Crippen molar-refractivity contribution in [3.05, 3.63) is 35.4 Å². The standard InChI is InChI=1S/C16H19ClN2O4/c1-16(2,3)23-19(11-20)8-9-21-15-10-14(22-18-15)12-6-4-5-7-13(12)17/h4-7,10-11H,8-9H2,1-3H3. The van der Waals surface area contributed by atoms with Crippen LogP contribution in [0.3, 0.4) is 0 Å². The lowest BCUT2D eigenvalue weighted by molar-refractivity contribution is -0.217. The van der Waals surface area contributed by atoms with E-state index >= 15 is 0 Å². The molecule has 1 amide bonds. The summed E-state index contributed by atoms with van der Waals surface area (Å²) in [6.07, 6.45) is 0.618. The summed E-state index contributed by atoms with van der Waals surface area (Å²) in [5.74, 6) is 0.838. The minimum absolute atomic E-state index is 0.226. The summed E-state index contributed by atoms with van der Waals surface area (Å²) < 4.78 is 10.7. The van der Waals surface area contributed by atoms with Gasteiger partial charge in [-0.3, -0.25) is 9.63 Å². The van der Waals surface area contributed by atoms with Crippen LogP contribution < -0.4 is 4.74 Å². The van der Waals surface area contributed by atoms with Crippen LogP contribution in [0.5, 0.6) is 5.88 Å². The Morgan fingerprint density at radius 1 is 1.35 bits per heavy atom. The first-order chi connectivity index (χ1) is 10.9. The van der Waals surface area contributed by atoms with E-state index < -0.39 is 5.60 Å². The summed E-state index contributed by atoms with van der Waals surface area (Å²) in [5.41, 5.74) is 0.286. The van der Waals surface area contributed by atoms with Gasteiger partial charge in [0.1, 0.15) is 6.61 Å². The molecule has 0 bridgehead atoms. The van der Waals surface area contributed by atoms with Crippen molar-refractivity contribution in [2.45, 2.75) is 26.4 Å². The third-order valence-corrected chi connectivity index (χ3v) is 3.03. The molecule has 0 saturated carbocycles. The Kier molecular flexibility index (Phi) is 5.63. The zero-order valence-corrected chi connectivity index (χ0v) is 14.0. The average Bonchev–Trinajstić information content (AvgIpc) is 2.94. The molecule has 0 spiro atoms. The summed E-state index contributed by atoms with van der Waals surface area (Å²) >= 11 is 6.10. The monoisotopic (exact) mass is 338 g/mol. The highest BCUT2D eigenvalue weighted by Gasteiger charge is 2.16. The molecule has 124 valence electrons. The zero-order chi connectivity index (χ0) is 16.9. The minimum Gasteiger partial charge on any atom is -0.474 e. The number of amides is 1. The maximum Gasteiger partial charge on any atom is 0.254 e. The van der Waals surface area contributed by atoms with E-state index in [9.17, 15) is 4.79 Å². The van der Waals surface area contributed by atoms with Crippen LogP contribution in [0, 0.1) is 0 Å². The van der Waals surface area contributed by atoms with E-state index in [1.807, 2.05) is 39.0 Å². The number of hydrogen-bond acceptors (Lipinski definition) is 5. The van der Waals surface area contributed by atoms with Crippen LogP contribution in [0.2, 0.25) is 5.02 Å². The van der Waals surface area contributed by atoms with E-state index in [0.717, 1.165) is 5.56 Å². The van der Waals surface area contributed by atoms with Gasteiger partial charge in [0, 0.05) is 11.6 Å². The molecule has 2 aromatic rings. The van der Waals surface area contributed by atoms with E-state index in [0.29, 0.717) is 23.1 Å². The molecular weight excluding hydrogens is 320 g/mol. The van der Waals surface area contributed by atoms with Crippen LogP contribution in [0.1, 0.15) is 20.8 Å². The topological polar surface area (TPSA) is 64.8 Å². The summed E-state index contributed by atoms with van der Waals surface area (Å²) in [6.45, 7) is 6.08. The van der Waals surface area contributed by atoms with Crippen LogP contribution in [0.15, 0.2) is 34.9 Å². The fraction of sp³-hybridized carbons (Fsp3) is 0.375. The average molecular weight is 339 g/mol. The van der Waals surface area contributed by atoms with E-state index in [1.54, 1.807) is 12.1 Å². The molecule has 0 radical (unpaired) electrons. The van der Waals surface area contributed by atoms with Gasteiger partial charge in [0.05, 0.1) is 17.2 Å². The first-order valence-electron chi connectivity index (χ1n) is 7.14. The molecule has 23 heavy (non-hydrogen) atoms. The van der Waals surface area contributed by atoms with Gasteiger partial charge in [-0.1, -0.05) is 23.7 Å². The van der Waals surface area contributed by atoms with E-state index in [1.165, 1.54) is 5.06 Å². The number of aromatic nitrogens is 1. The summed E-state index contributed by atoms with van der Waals surface area (Å²) in [7, 11) is 0. The van der Waals surface area contributed by atoms with Crippen molar-refractivity contribution in [1.82, 2.24) is 10.2 Å². The number of hydroxylamine groups is 2. The molecule has 0 atom stereocenters. The number of ether oxygens (including phenoxy) is 1. The lowest BCUT2D eigenvalue weighted by Gasteiger charge is -2.26. The lowest BCUT2D eigenvalue weighted by atomic mass is 10.2. The number of halogens is 1. The molecule has 2 rings (SSSR count). The van der Waals surface area contributed by atoms with Gasteiger partial charge in [-0.25, -0.2) is 5.06 Å². The first kappa shape index (κ1) is 17.3. The van der Waals surface area contributed by atoms with Crippen LogP contribution >= 0.6 is 11.6 Å². The van der Waals surface area contributed by atoms with Gasteiger partial charge in [0.2, 0.25) is 6.41 Å². The van der Waals surface area contributed by atoms with Crippen LogP contribution in [0.25, 0.3) is 11.3 Å². The van der Waals surface area contributed by atoms with Crippen molar-refractivity contribution >= 4 is 18.0 Å². The van der Waals surface area contributed by atoms with Crippen LogP contribution in [-0.4, -0.2) is 35.4 Å². The van der Waals surface area contributed by atoms with Crippen LogP contribution in [-0.2, 0) is 9.63 Å². The summed E-state index contributed by atoms with van der Waals surface area (Å²) in [6, 6.07) is 8.94. The van der Waals surface area contributed by atoms with Crippen molar-refractivity contribution in [3.8, 4) is 17.2 Å². The Bertz CT molecular complexity index is 652. The van der Waals surface area contributed by atoms with Crippen molar-refractivity contribution in [2.75, 3.05) is 13.2 Å². The van der Waals surface area contributed by atoms with E-state index in [-0.39, 0.29) is 13.2 Å². The van der Waals surface area contributed by atoms with Crippen molar-refractivity contribution in [2.24, 2.45) is 0 Å². The van der Waals surface area contributed by atoms with Crippen molar-refractivity contribution < 1.29 is 18.9 Å². The molecule has 0 aliphatic carbocycles. The number of hydrogen-bond donors (Lipinski definition) is 0. The minimum atomic E-state index is -0.452. The second-order valence-corrected chi connectivity index (χ2v) is 6.21. The van der Waals surface area contributed by atoms with Crippen LogP contribution in [0.4, 0.5) is 0 Å². The molecule has 0 N–H and O–H groups in total. The molecule has 0 unspecified atom stereocenters. The maximum absolute atomic E-state index is 10.9. The van der Waals surface area contributed by atoms with Gasteiger partial charge in [0.15, 0.2) is 5.76 Å². The largest absolute Gasteiger partial charge is 0.474 e. The Morgan fingerprint density at radius 3 is 2.74 bits per heavy atom. The summed E-state index contributed by atoms with van der Waals surface area (Å²) in [4.78, 5) is 16.4. The predicted octanol–water partition coefficient (Wildman–Crippen LogP) is 3.56. The van der Waals surface area contributed by atoms with Gasteiger partial charge in [-0.15, -0.1) is 0 Å². The molecule has 0 saturated heterocycles. The molecule has 0 aliphatic heterocycles. The number of nitrogens with zero attached hydrogens (tertiary/aromatic N) is 2. The fourth-order valence-corrected chi connectivity index (χ4v) is 2.06. The predicted molar refractivity (Wildman–Crippen MR) is 86.1 cm³/mol. The molecule has 0 aliphatic rings. The molecule has 1 heterocycles. The number of benzene rings is 1. The third kappa shape index (κ3) is 5.26. The van der Waals surface area contributed by atoms with Gasteiger partial charge in [-0.2, -0.15) is 0 Å². The van der Waals surface area contributed by atoms with Gasteiger partial charge >= 0.3 is 0 Å². The highest BCUT2D eigenvalue weighted by molar-refractivity contribution is 6.33. The molecular formula is C16H19ClN2O4. The normalized spacial score (nSPS) is 11.3. The Morgan fingerprint density at radius 2 is 2.09 bits per heavy atom. The fourth-order valence-electron chi connectivity index (χ4n) is 1.83. The van der Waals surface area contributed by atoms with Gasteiger partial charge < -0.3 is 9.26 Å². The van der Waals surface area contributed by atoms with Gasteiger partial charge in [0.25, 0.3) is 5.88 Å². The van der Waals surface area contributed by atoms with E-state index in [2.05, 4.69) is 5.16 Å². The Labute approximate surface area is 139 Å². The number of carbonyl (C=O) groups excluding carboxylic acids is 1. The molecule has 0 fully saturated rings. The van der Waals surface area contributed by atoms with Crippen molar-refractivity contribution in [1.29, 1.82) is 0 Å². The number of carbonyl (C=O) groups is 1. The zero-order valence-electron chi connectivity index (χ0n) is 13.3. The number of rotatable bonds is 7. The Hall–Kier alpha value is -2.05. The smallest absolute Gasteiger partial charge is 0.254 e. The molecule has 1 aromatic carbocycles. The lowest BCUT2D eigenvalue weighted by Crippen LogP contribution is -2.35. The maximum atomic E-state index is 10.9. The third-order valence-electron chi connectivity index (χ3n) is 2.70. The molecule has 6 nitrogen and oxygen atoms in total.